The van der Waals surface area contributed by atoms with Crippen molar-refractivity contribution in [2.24, 2.45) is 5.92 Å². The van der Waals surface area contributed by atoms with Gasteiger partial charge in [-0.1, -0.05) is 6.07 Å². The third-order valence-corrected chi connectivity index (χ3v) is 3.70. The zero-order valence-corrected chi connectivity index (χ0v) is 13.3. The topological polar surface area (TPSA) is 105 Å². The fraction of sp³-hybridized carbons (Fsp3) is 0.294. The number of aliphatic hydroxyl groups excluding tert-OH is 1. The summed E-state index contributed by atoms with van der Waals surface area (Å²) in [7, 11) is 0. The Balaban J connectivity index is 1.97. The first-order valence-electron chi connectivity index (χ1n) is 7.55. The summed E-state index contributed by atoms with van der Waals surface area (Å²) < 4.78 is 0. The maximum absolute atomic E-state index is 12.2. The molecular formula is C17H19N3O4. The highest BCUT2D eigenvalue weighted by atomic mass is 16.6. The Morgan fingerprint density at radius 3 is 2.75 bits per heavy atom. The van der Waals surface area contributed by atoms with Gasteiger partial charge in [0.2, 0.25) is 0 Å². The smallest absolute Gasteiger partial charge is 0.269 e. The minimum absolute atomic E-state index is 0.0487. The Morgan fingerprint density at radius 2 is 2.17 bits per heavy atom. The summed E-state index contributed by atoms with van der Waals surface area (Å²) in [6.45, 7) is 1.87. The molecule has 1 amide bonds. The second kappa shape index (κ2) is 8.16. The third-order valence-electron chi connectivity index (χ3n) is 3.70. The molecule has 126 valence electrons. The van der Waals surface area contributed by atoms with Crippen LogP contribution < -0.4 is 5.32 Å². The molecule has 1 aromatic carbocycles. The summed E-state index contributed by atoms with van der Waals surface area (Å²) in [5, 5.41) is 23.0. The van der Waals surface area contributed by atoms with Crippen molar-refractivity contribution < 1.29 is 14.8 Å². The van der Waals surface area contributed by atoms with Gasteiger partial charge in [-0.3, -0.25) is 19.9 Å². The highest BCUT2D eigenvalue weighted by Gasteiger charge is 2.15. The molecule has 0 radical (unpaired) electrons. The average Bonchev–Trinajstić information content (AvgIpc) is 2.59. The molecule has 0 bridgehead atoms. The first kappa shape index (κ1) is 17.6. The van der Waals surface area contributed by atoms with E-state index in [4.69, 9.17) is 0 Å². The van der Waals surface area contributed by atoms with Crippen LogP contribution in [0.2, 0.25) is 0 Å². The molecule has 1 atom stereocenters. The number of aryl methyl sites for hydroxylation is 1. The van der Waals surface area contributed by atoms with E-state index < -0.39 is 4.92 Å². The molecule has 2 N–H and O–H groups in total. The van der Waals surface area contributed by atoms with Crippen LogP contribution in [0.25, 0.3) is 0 Å². The van der Waals surface area contributed by atoms with Crippen molar-refractivity contribution in [3.63, 3.8) is 0 Å². The summed E-state index contributed by atoms with van der Waals surface area (Å²) in [5.41, 5.74) is 1.71. The van der Waals surface area contributed by atoms with E-state index in [1.165, 1.54) is 18.2 Å². The predicted octanol–water partition coefficient (Wildman–Crippen LogP) is 1.88. The SMILES string of the molecule is Cc1cc([N+](=O)[O-])ccc1C(=O)NCC(CO)Cc1ccccn1. The molecule has 1 heterocycles. The van der Waals surface area contributed by atoms with Crippen molar-refractivity contribution in [2.75, 3.05) is 13.2 Å². The molecule has 2 rings (SSSR count). The van der Waals surface area contributed by atoms with E-state index in [9.17, 15) is 20.0 Å². The van der Waals surface area contributed by atoms with Gasteiger partial charge in [0.25, 0.3) is 11.6 Å². The maximum Gasteiger partial charge on any atom is 0.269 e. The Morgan fingerprint density at radius 1 is 1.38 bits per heavy atom. The first-order chi connectivity index (χ1) is 11.5. The molecule has 0 saturated heterocycles. The Bertz CT molecular complexity index is 719. The van der Waals surface area contributed by atoms with E-state index in [1.807, 2.05) is 18.2 Å². The van der Waals surface area contributed by atoms with Crippen molar-refractivity contribution in [1.29, 1.82) is 0 Å². The number of nitrogens with one attached hydrogen (secondary N) is 1. The van der Waals surface area contributed by atoms with Crippen molar-refractivity contribution >= 4 is 11.6 Å². The first-order valence-corrected chi connectivity index (χ1v) is 7.55. The normalized spacial score (nSPS) is 11.8. The number of hydrogen-bond donors (Lipinski definition) is 2. The van der Waals surface area contributed by atoms with Crippen LogP contribution >= 0.6 is 0 Å². The molecule has 24 heavy (non-hydrogen) atoms. The van der Waals surface area contributed by atoms with Crippen LogP contribution in [0.1, 0.15) is 21.6 Å². The van der Waals surface area contributed by atoms with Gasteiger partial charge in [-0.05, 0) is 37.1 Å². The highest BCUT2D eigenvalue weighted by molar-refractivity contribution is 5.95. The lowest BCUT2D eigenvalue weighted by atomic mass is 10.0. The number of nitrogens with zero attached hydrogens (tertiary/aromatic N) is 2. The zero-order chi connectivity index (χ0) is 17.5. The number of carbonyl (C=O) groups is 1. The number of amides is 1. The van der Waals surface area contributed by atoms with Gasteiger partial charge in [0.15, 0.2) is 0 Å². The summed E-state index contributed by atoms with van der Waals surface area (Å²) in [4.78, 5) is 26.7. The number of aliphatic hydroxyl groups is 1. The largest absolute Gasteiger partial charge is 0.396 e. The van der Waals surface area contributed by atoms with E-state index >= 15 is 0 Å². The fourth-order valence-electron chi connectivity index (χ4n) is 2.36. The van der Waals surface area contributed by atoms with Crippen LogP contribution in [0.4, 0.5) is 5.69 Å². The summed E-state index contributed by atoms with van der Waals surface area (Å²) >= 11 is 0. The lowest BCUT2D eigenvalue weighted by Crippen LogP contribution is -2.32. The number of benzene rings is 1. The molecule has 1 unspecified atom stereocenters. The van der Waals surface area contributed by atoms with Crippen LogP contribution in [0, 0.1) is 23.0 Å². The number of hydrogen-bond acceptors (Lipinski definition) is 5. The summed E-state index contributed by atoms with van der Waals surface area (Å²) in [6.07, 6.45) is 2.24. The quantitative estimate of drug-likeness (QED) is 0.596. The van der Waals surface area contributed by atoms with E-state index in [0.717, 1.165) is 5.69 Å². The standard InChI is InChI=1S/C17H19N3O4/c1-12-8-15(20(23)24)5-6-16(12)17(22)19-10-13(11-21)9-14-4-2-3-7-18-14/h2-8,13,21H,9-11H2,1H3,(H,19,22). The van der Waals surface area contributed by atoms with E-state index in [0.29, 0.717) is 24.1 Å². The van der Waals surface area contributed by atoms with Crippen LogP contribution in [0.15, 0.2) is 42.6 Å². The van der Waals surface area contributed by atoms with Crippen LogP contribution in [0.3, 0.4) is 0 Å². The molecule has 0 spiro atoms. The van der Waals surface area contributed by atoms with Crippen molar-refractivity contribution in [2.45, 2.75) is 13.3 Å². The predicted molar refractivity (Wildman–Crippen MR) is 88.7 cm³/mol. The Labute approximate surface area is 139 Å². The Kier molecular flexibility index (Phi) is 5.97. The summed E-state index contributed by atoms with van der Waals surface area (Å²) in [5.74, 6) is -0.468. The second-order valence-corrected chi connectivity index (χ2v) is 5.54. The highest BCUT2D eigenvalue weighted by Crippen LogP contribution is 2.17. The van der Waals surface area contributed by atoms with Crippen LogP contribution in [-0.4, -0.2) is 34.1 Å². The van der Waals surface area contributed by atoms with Crippen molar-refractivity contribution in [3.05, 3.63) is 69.5 Å². The van der Waals surface area contributed by atoms with Crippen molar-refractivity contribution in [3.8, 4) is 0 Å². The van der Waals surface area contributed by atoms with Gasteiger partial charge in [-0.25, -0.2) is 0 Å². The minimum atomic E-state index is -0.497. The van der Waals surface area contributed by atoms with E-state index in [2.05, 4.69) is 10.3 Å². The zero-order valence-electron chi connectivity index (χ0n) is 13.3. The summed E-state index contributed by atoms with van der Waals surface area (Å²) in [6, 6.07) is 9.66. The van der Waals surface area contributed by atoms with Gasteiger partial charge in [0, 0.05) is 48.7 Å². The number of carbonyl (C=O) groups excluding carboxylic acids is 1. The molecular weight excluding hydrogens is 310 g/mol. The number of non-ortho nitro benzene ring substituents is 1. The minimum Gasteiger partial charge on any atom is -0.396 e. The van der Waals surface area contributed by atoms with Crippen LogP contribution in [0.5, 0.6) is 0 Å². The lowest BCUT2D eigenvalue weighted by Gasteiger charge is -2.15. The van der Waals surface area contributed by atoms with Gasteiger partial charge in [-0.15, -0.1) is 0 Å². The molecule has 7 heteroatoms. The molecule has 1 aromatic heterocycles. The van der Waals surface area contributed by atoms with Crippen molar-refractivity contribution in [1.82, 2.24) is 10.3 Å². The third kappa shape index (κ3) is 4.60. The number of rotatable bonds is 7. The second-order valence-electron chi connectivity index (χ2n) is 5.54. The number of pyridine rings is 1. The molecule has 2 aromatic rings. The van der Waals surface area contributed by atoms with Crippen LogP contribution in [-0.2, 0) is 6.42 Å². The fourth-order valence-corrected chi connectivity index (χ4v) is 2.36. The molecule has 0 fully saturated rings. The molecule has 0 aliphatic heterocycles. The van der Waals surface area contributed by atoms with Gasteiger partial charge in [0.1, 0.15) is 0 Å². The monoisotopic (exact) mass is 329 g/mol. The van der Waals surface area contributed by atoms with Gasteiger partial charge < -0.3 is 10.4 Å². The van der Waals surface area contributed by atoms with E-state index in [1.54, 1.807) is 13.1 Å². The average molecular weight is 329 g/mol. The number of nitro benzene ring substituents is 1. The molecule has 0 aliphatic rings. The molecule has 7 nitrogen and oxygen atoms in total. The number of nitro groups is 1. The van der Waals surface area contributed by atoms with Gasteiger partial charge >= 0.3 is 0 Å². The van der Waals surface area contributed by atoms with Gasteiger partial charge in [0.05, 0.1) is 4.92 Å². The molecule has 0 saturated carbocycles. The maximum atomic E-state index is 12.2. The van der Waals surface area contributed by atoms with E-state index in [-0.39, 0.29) is 24.1 Å². The number of aromatic nitrogens is 1. The lowest BCUT2D eigenvalue weighted by molar-refractivity contribution is -0.384. The van der Waals surface area contributed by atoms with Gasteiger partial charge in [-0.2, -0.15) is 0 Å². The Hall–Kier alpha value is -2.80. The molecule has 0 aliphatic carbocycles.